The van der Waals surface area contributed by atoms with Crippen LogP contribution in [0.2, 0.25) is 0 Å². The molecule has 1 fully saturated rings. The van der Waals surface area contributed by atoms with Gasteiger partial charge in [-0.2, -0.15) is 0 Å². The lowest BCUT2D eigenvalue weighted by atomic mass is 9.97. The molecule has 2 amide bonds. The van der Waals surface area contributed by atoms with Crippen molar-refractivity contribution in [3.05, 3.63) is 59.7 Å². The quantitative estimate of drug-likeness (QED) is 0.247. The predicted molar refractivity (Wildman–Crippen MR) is 150 cm³/mol. The maximum Gasteiger partial charge on any atom is 0.414 e. The minimum absolute atomic E-state index is 0.0630. The van der Waals surface area contributed by atoms with Crippen LogP contribution in [0.3, 0.4) is 0 Å². The first kappa shape index (κ1) is 33.6. The molecule has 2 aromatic carbocycles. The topological polar surface area (TPSA) is 181 Å². The first-order chi connectivity index (χ1) is 19.7. The van der Waals surface area contributed by atoms with Crippen LogP contribution < -0.4 is 20.1 Å². The zero-order chi connectivity index (χ0) is 31.4. The van der Waals surface area contributed by atoms with Crippen molar-refractivity contribution >= 4 is 29.7 Å². The lowest BCUT2D eigenvalue weighted by molar-refractivity contribution is -0.160. The van der Waals surface area contributed by atoms with Crippen molar-refractivity contribution in [3.8, 4) is 11.5 Å². The number of nitrogens with zero attached hydrogens (tertiary/aromatic N) is 1. The lowest BCUT2D eigenvalue weighted by Crippen LogP contribution is -2.57. The van der Waals surface area contributed by atoms with Crippen LogP contribution in [-0.2, 0) is 28.7 Å². The van der Waals surface area contributed by atoms with E-state index in [1.807, 2.05) is 48.5 Å². The number of hydrogen-bond acceptors (Lipinski definition) is 9. The first-order valence-electron chi connectivity index (χ1n) is 13.0. The number of methoxy groups -OCH3 is 2. The average Bonchev–Trinajstić information content (AvgIpc) is 2.93. The largest absolute Gasteiger partial charge is 0.497 e. The monoisotopic (exact) mass is 587 g/mol. The maximum absolute atomic E-state index is 13.1. The van der Waals surface area contributed by atoms with Crippen LogP contribution in [0.1, 0.15) is 44.4 Å². The highest BCUT2D eigenvalue weighted by molar-refractivity contribution is 6.27. The van der Waals surface area contributed by atoms with E-state index in [0.29, 0.717) is 24.6 Å². The molecule has 0 aliphatic carbocycles. The van der Waals surface area contributed by atoms with Crippen molar-refractivity contribution in [1.82, 2.24) is 15.5 Å². The van der Waals surface area contributed by atoms with Crippen molar-refractivity contribution in [3.63, 3.8) is 0 Å². The number of hydrogen-bond donors (Lipinski definition) is 4. The first-order valence-corrected chi connectivity index (χ1v) is 13.0. The Morgan fingerprint density at radius 2 is 1.40 bits per heavy atom. The molecular weight excluding hydrogens is 550 g/mol. The van der Waals surface area contributed by atoms with Crippen LogP contribution in [0.4, 0.5) is 0 Å². The molecule has 42 heavy (non-hydrogen) atoms. The second kappa shape index (κ2) is 15.4. The Bertz CT molecular complexity index is 1180. The Balaban J connectivity index is 0.000000928. The van der Waals surface area contributed by atoms with Crippen LogP contribution in [0.15, 0.2) is 48.5 Å². The Labute approximate surface area is 243 Å². The van der Waals surface area contributed by atoms with Crippen molar-refractivity contribution in [2.45, 2.75) is 44.9 Å². The summed E-state index contributed by atoms with van der Waals surface area (Å²) in [5, 5.41) is 20.9. The van der Waals surface area contributed by atoms with Gasteiger partial charge in [-0.05, 0) is 56.2 Å². The summed E-state index contributed by atoms with van der Waals surface area (Å²) in [6.45, 7) is 6.04. The summed E-state index contributed by atoms with van der Waals surface area (Å²) >= 11 is 0. The van der Waals surface area contributed by atoms with Gasteiger partial charge in [-0.15, -0.1) is 0 Å². The second-order valence-electron chi connectivity index (χ2n) is 10.2. The van der Waals surface area contributed by atoms with E-state index in [1.165, 1.54) is 4.90 Å². The number of nitrogens with one attached hydrogen (secondary N) is 2. The number of esters is 1. The van der Waals surface area contributed by atoms with Crippen LogP contribution in [0.25, 0.3) is 0 Å². The highest BCUT2D eigenvalue weighted by atomic mass is 16.6. The standard InChI is InChI=1S/C27H35N3O6.C2H2O4/c1-27(2,3)36-24(32)17-30-15-14-28-22(26(30)33)16-23(31)29-25(18-6-10-20(34-4)11-7-18)19-8-12-21(35-5)13-9-19;3-1(4)2(5)6/h6-13,22,25,28H,14-17H2,1-5H3,(H,29,31);(H,3,4)(H,5,6)/t22-;/m0./s1. The van der Waals surface area contributed by atoms with Gasteiger partial charge in [0, 0.05) is 13.1 Å². The maximum atomic E-state index is 13.1. The van der Waals surface area contributed by atoms with E-state index in [9.17, 15) is 14.4 Å². The van der Waals surface area contributed by atoms with E-state index in [0.717, 1.165) is 11.1 Å². The Morgan fingerprint density at radius 3 is 1.81 bits per heavy atom. The number of ether oxygens (including phenoxy) is 3. The van der Waals surface area contributed by atoms with Gasteiger partial charge in [0.2, 0.25) is 11.8 Å². The summed E-state index contributed by atoms with van der Waals surface area (Å²) in [5.41, 5.74) is 1.10. The van der Waals surface area contributed by atoms with Crippen molar-refractivity contribution < 1.29 is 48.4 Å². The molecule has 2 aromatic rings. The fraction of sp³-hybridized carbons (Fsp3) is 0.414. The molecule has 1 aliphatic rings. The van der Waals surface area contributed by atoms with Gasteiger partial charge in [0.25, 0.3) is 0 Å². The number of rotatable bonds is 9. The van der Waals surface area contributed by atoms with E-state index in [2.05, 4.69) is 10.6 Å². The molecule has 0 spiro atoms. The van der Waals surface area contributed by atoms with Gasteiger partial charge in [-0.25, -0.2) is 9.59 Å². The molecule has 1 atom stereocenters. The molecule has 1 saturated heterocycles. The summed E-state index contributed by atoms with van der Waals surface area (Å²) in [6.07, 6.45) is -0.0630. The Kier molecular flexibility index (Phi) is 12.3. The Hall–Kier alpha value is -4.65. The fourth-order valence-electron chi connectivity index (χ4n) is 3.99. The highest BCUT2D eigenvalue weighted by Gasteiger charge is 2.33. The van der Waals surface area contributed by atoms with Gasteiger partial charge in [0.05, 0.1) is 32.7 Å². The van der Waals surface area contributed by atoms with Gasteiger partial charge in [0.1, 0.15) is 23.6 Å². The van der Waals surface area contributed by atoms with E-state index in [4.69, 9.17) is 34.0 Å². The SMILES string of the molecule is COc1ccc(C(NC(=O)C[C@@H]2NCCN(CC(=O)OC(C)(C)C)C2=O)c2ccc(OC)cc2)cc1.O=C(O)C(=O)O. The minimum atomic E-state index is -1.82. The van der Waals surface area contributed by atoms with E-state index in [1.54, 1.807) is 35.0 Å². The smallest absolute Gasteiger partial charge is 0.414 e. The predicted octanol–water partition coefficient (Wildman–Crippen LogP) is 1.60. The summed E-state index contributed by atoms with van der Waals surface area (Å²) in [7, 11) is 3.19. The molecule has 0 saturated carbocycles. The second-order valence-corrected chi connectivity index (χ2v) is 10.2. The van der Waals surface area contributed by atoms with Gasteiger partial charge in [0.15, 0.2) is 0 Å². The van der Waals surface area contributed by atoms with Gasteiger partial charge in [-0.1, -0.05) is 24.3 Å². The van der Waals surface area contributed by atoms with Crippen molar-refractivity contribution in [1.29, 1.82) is 0 Å². The van der Waals surface area contributed by atoms with Crippen LogP contribution in [0, 0.1) is 0 Å². The molecule has 13 nitrogen and oxygen atoms in total. The lowest BCUT2D eigenvalue weighted by Gasteiger charge is -2.33. The number of carboxylic acids is 2. The number of amides is 2. The van der Waals surface area contributed by atoms with Gasteiger partial charge in [-0.3, -0.25) is 14.4 Å². The third kappa shape index (κ3) is 10.7. The van der Waals surface area contributed by atoms with Crippen LogP contribution >= 0.6 is 0 Å². The number of carbonyl (C=O) groups excluding carboxylic acids is 3. The Morgan fingerprint density at radius 1 is 0.929 bits per heavy atom. The van der Waals surface area contributed by atoms with Crippen molar-refractivity contribution in [2.75, 3.05) is 33.9 Å². The van der Waals surface area contributed by atoms with Crippen molar-refractivity contribution in [2.24, 2.45) is 0 Å². The normalized spacial score (nSPS) is 14.8. The molecule has 3 rings (SSSR count). The molecule has 228 valence electrons. The summed E-state index contributed by atoms with van der Waals surface area (Å²) in [6, 6.07) is 13.7. The third-order valence-corrected chi connectivity index (χ3v) is 5.90. The molecule has 0 aromatic heterocycles. The van der Waals surface area contributed by atoms with Crippen LogP contribution in [-0.4, -0.2) is 90.3 Å². The molecule has 0 radical (unpaired) electrons. The summed E-state index contributed by atoms with van der Waals surface area (Å²) in [5.74, 6) is -3.30. The van der Waals surface area contributed by atoms with E-state index < -0.39 is 35.6 Å². The highest BCUT2D eigenvalue weighted by Crippen LogP contribution is 2.26. The summed E-state index contributed by atoms with van der Waals surface area (Å²) in [4.78, 5) is 57.9. The van der Waals surface area contributed by atoms with Crippen LogP contribution in [0.5, 0.6) is 11.5 Å². The molecule has 1 heterocycles. The molecule has 0 bridgehead atoms. The number of carboxylic acid groups (broad SMARTS) is 2. The average molecular weight is 588 g/mol. The number of aliphatic carboxylic acids is 2. The number of piperazine rings is 1. The summed E-state index contributed by atoms with van der Waals surface area (Å²) < 4.78 is 15.8. The number of carbonyl (C=O) groups is 5. The molecule has 4 N–H and O–H groups in total. The zero-order valence-electron chi connectivity index (χ0n) is 24.2. The molecule has 1 aliphatic heterocycles. The molecule has 13 heteroatoms. The molecule has 0 unspecified atom stereocenters. The zero-order valence-corrected chi connectivity index (χ0v) is 24.2. The van der Waals surface area contributed by atoms with Gasteiger partial charge < -0.3 is 40.0 Å². The van der Waals surface area contributed by atoms with Gasteiger partial charge >= 0.3 is 17.9 Å². The minimum Gasteiger partial charge on any atom is -0.497 e. The number of benzene rings is 2. The van der Waals surface area contributed by atoms with E-state index in [-0.39, 0.29) is 24.8 Å². The van der Waals surface area contributed by atoms with E-state index >= 15 is 0 Å². The molecular formula is C29H37N3O10. The third-order valence-electron chi connectivity index (χ3n) is 5.90. The fourth-order valence-corrected chi connectivity index (χ4v) is 3.99.